The summed E-state index contributed by atoms with van der Waals surface area (Å²) in [5, 5.41) is 12.5. The summed E-state index contributed by atoms with van der Waals surface area (Å²) in [7, 11) is 0. The van der Waals surface area contributed by atoms with Crippen LogP contribution in [0.3, 0.4) is 0 Å². The number of ether oxygens (including phenoxy) is 1. The number of nitrogens with zero attached hydrogens (tertiary/aromatic N) is 6. The molecular weight excluding hydrogens is 332 g/mol. The van der Waals surface area contributed by atoms with Gasteiger partial charge in [0, 0.05) is 37.4 Å². The summed E-state index contributed by atoms with van der Waals surface area (Å²) in [6.45, 7) is 5.18. The Hall–Kier alpha value is -2.48. The van der Waals surface area contributed by atoms with E-state index in [2.05, 4.69) is 32.4 Å². The summed E-state index contributed by atoms with van der Waals surface area (Å²) in [6, 6.07) is 8.14. The molecule has 0 aliphatic carbocycles. The molecule has 26 heavy (non-hydrogen) atoms. The molecule has 1 amide bonds. The van der Waals surface area contributed by atoms with Crippen molar-refractivity contribution >= 4 is 11.6 Å². The molecule has 0 atom stereocenters. The predicted molar refractivity (Wildman–Crippen MR) is 96.7 cm³/mol. The van der Waals surface area contributed by atoms with Gasteiger partial charge in [-0.25, -0.2) is 0 Å². The Morgan fingerprint density at radius 3 is 2.46 bits per heavy atom. The molecule has 2 aliphatic rings. The summed E-state index contributed by atoms with van der Waals surface area (Å²) in [4.78, 5) is 17.9. The first kappa shape index (κ1) is 17.0. The Morgan fingerprint density at radius 1 is 1.00 bits per heavy atom. The monoisotopic (exact) mass is 356 g/mol. The number of piperidine rings is 1. The molecule has 4 rings (SSSR count). The van der Waals surface area contributed by atoms with Gasteiger partial charge in [0.05, 0.1) is 13.2 Å². The molecule has 138 valence electrons. The normalized spacial score (nSPS) is 18.2. The zero-order valence-corrected chi connectivity index (χ0v) is 14.9. The molecule has 0 radical (unpaired) electrons. The Labute approximate surface area is 152 Å². The SMILES string of the molecule is O=C(Cn1nnc(-c2ccc(N3CCOCC3)cc2)n1)N1CCCCC1. The maximum absolute atomic E-state index is 12.3. The van der Waals surface area contributed by atoms with Crippen molar-refractivity contribution in [1.29, 1.82) is 0 Å². The Balaban J connectivity index is 1.40. The fourth-order valence-electron chi connectivity index (χ4n) is 3.43. The number of benzene rings is 1. The maximum atomic E-state index is 12.3. The van der Waals surface area contributed by atoms with Gasteiger partial charge in [-0.1, -0.05) is 0 Å². The van der Waals surface area contributed by atoms with E-state index < -0.39 is 0 Å². The lowest BCUT2D eigenvalue weighted by Gasteiger charge is -2.28. The van der Waals surface area contributed by atoms with Crippen LogP contribution in [0.2, 0.25) is 0 Å². The first-order chi connectivity index (χ1) is 12.8. The van der Waals surface area contributed by atoms with Gasteiger partial charge in [-0.05, 0) is 48.7 Å². The van der Waals surface area contributed by atoms with Crippen LogP contribution in [-0.4, -0.2) is 70.4 Å². The van der Waals surface area contributed by atoms with Crippen LogP contribution in [0.25, 0.3) is 11.4 Å². The number of aromatic nitrogens is 4. The number of carbonyl (C=O) groups is 1. The van der Waals surface area contributed by atoms with E-state index in [-0.39, 0.29) is 12.5 Å². The fraction of sp³-hybridized carbons (Fsp3) is 0.556. The molecular formula is C18H24N6O2. The van der Waals surface area contributed by atoms with Crippen LogP contribution < -0.4 is 4.90 Å². The van der Waals surface area contributed by atoms with E-state index in [0.29, 0.717) is 5.82 Å². The Bertz CT molecular complexity index is 732. The lowest BCUT2D eigenvalue weighted by atomic mass is 10.1. The van der Waals surface area contributed by atoms with Crippen LogP contribution in [-0.2, 0) is 16.1 Å². The van der Waals surface area contributed by atoms with Gasteiger partial charge < -0.3 is 14.5 Å². The van der Waals surface area contributed by atoms with E-state index in [1.54, 1.807) is 0 Å². The van der Waals surface area contributed by atoms with E-state index in [4.69, 9.17) is 4.74 Å². The van der Waals surface area contributed by atoms with Crippen molar-refractivity contribution in [3.05, 3.63) is 24.3 Å². The lowest BCUT2D eigenvalue weighted by molar-refractivity contribution is -0.133. The van der Waals surface area contributed by atoms with Gasteiger partial charge in [0.15, 0.2) is 0 Å². The van der Waals surface area contributed by atoms with Crippen molar-refractivity contribution < 1.29 is 9.53 Å². The first-order valence-electron chi connectivity index (χ1n) is 9.28. The second-order valence-corrected chi connectivity index (χ2v) is 6.73. The molecule has 8 heteroatoms. The molecule has 1 aromatic carbocycles. The van der Waals surface area contributed by atoms with Crippen molar-refractivity contribution in [3.63, 3.8) is 0 Å². The average molecular weight is 356 g/mol. The second-order valence-electron chi connectivity index (χ2n) is 6.73. The smallest absolute Gasteiger partial charge is 0.246 e. The largest absolute Gasteiger partial charge is 0.378 e. The molecule has 0 N–H and O–H groups in total. The van der Waals surface area contributed by atoms with Crippen molar-refractivity contribution in [2.75, 3.05) is 44.3 Å². The van der Waals surface area contributed by atoms with Crippen molar-refractivity contribution in [1.82, 2.24) is 25.1 Å². The highest BCUT2D eigenvalue weighted by Gasteiger charge is 2.18. The molecule has 0 unspecified atom stereocenters. The fourth-order valence-corrected chi connectivity index (χ4v) is 3.43. The Kier molecular flexibility index (Phi) is 5.10. The van der Waals surface area contributed by atoms with Gasteiger partial charge in [0.1, 0.15) is 6.54 Å². The molecule has 3 heterocycles. The van der Waals surface area contributed by atoms with Crippen molar-refractivity contribution in [2.24, 2.45) is 0 Å². The number of amides is 1. The molecule has 8 nitrogen and oxygen atoms in total. The van der Waals surface area contributed by atoms with Crippen LogP contribution in [0.15, 0.2) is 24.3 Å². The minimum atomic E-state index is 0.0660. The van der Waals surface area contributed by atoms with Crippen LogP contribution >= 0.6 is 0 Å². The highest BCUT2D eigenvalue weighted by molar-refractivity contribution is 5.75. The first-order valence-corrected chi connectivity index (χ1v) is 9.28. The van der Waals surface area contributed by atoms with E-state index in [0.717, 1.165) is 57.8 Å². The summed E-state index contributed by atoms with van der Waals surface area (Å²) < 4.78 is 5.39. The number of morpholine rings is 1. The summed E-state index contributed by atoms with van der Waals surface area (Å²) in [5.41, 5.74) is 2.07. The molecule has 2 aromatic rings. The predicted octanol–water partition coefficient (Wildman–Crippen LogP) is 1.19. The number of anilines is 1. The number of carbonyl (C=O) groups excluding carboxylic acids is 1. The number of likely N-dealkylation sites (tertiary alicyclic amines) is 1. The Morgan fingerprint density at radius 2 is 1.73 bits per heavy atom. The van der Waals surface area contributed by atoms with E-state index in [1.807, 2.05) is 17.0 Å². The highest BCUT2D eigenvalue weighted by atomic mass is 16.5. The molecule has 2 aliphatic heterocycles. The third-order valence-corrected chi connectivity index (χ3v) is 4.94. The van der Waals surface area contributed by atoms with Gasteiger partial charge in [-0.3, -0.25) is 4.79 Å². The topological polar surface area (TPSA) is 76.4 Å². The van der Waals surface area contributed by atoms with Gasteiger partial charge >= 0.3 is 0 Å². The van der Waals surface area contributed by atoms with Gasteiger partial charge in [-0.2, -0.15) is 4.80 Å². The van der Waals surface area contributed by atoms with Crippen LogP contribution in [0.5, 0.6) is 0 Å². The van der Waals surface area contributed by atoms with Crippen molar-refractivity contribution in [3.8, 4) is 11.4 Å². The highest BCUT2D eigenvalue weighted by Crippen LogP contribution is 2.21. The van der Waals surface area contributed by atoms with Crippen LogP contribution in [0.1, 0.15) is 19.3 Å². The number of hydrogen-bond donors (Lipinski definition) is 0. The average Bonchev–Trinajstić information content (AvgIpc) is 3.18. The number of rotatable bonds is 4. The van der Waals surface area contributed by atoms with Crippen LogP contribution in [0.4, 0.5) is 5.69 Å². The lowest BCUT2D eigenvalue weighted by Crippen LogP contribution is -2.38. The molecule has 1 aromatic heterocycles. The summed E-state index contributed by atoms with van der Waals surface area (Å²) in [5.74, 6) is 0.612. The molecule has 0 saturated carbocycles. The number of tetrazole rings is 1. The van der Waals surface area contributed by atoms with E-state index >= 15 is 0 Å². The molecule has 0 spiro atoms. The molecule has 2 fully saturated rings. The van der Waals surface area contributed by atoms with E-state index in [9.17, 15) is 4.79 Å². The van der Waals surface area contributed by atoms with E-state index in [1.165, 1.54) is 16.9 Å². The van der Waals surface area contributed by atoms with Crippen molar-refractivity contribution in [2.45, 2.75) is 25.8 Å². The number of hydrogen-bond acceptors (Lipinski definition) is 6. The third kappa shape index (κ3) is 3.85. The van der Waals surface area contributed by atoms with Gasteiger partial charge in [-0.15, -0.1) is 10.2 Å². The second kappa shape index (κ2) is 7.82. The summed E-state index contributed by atoms with van der Waals surface area (Å²) in [6.07, 6.45) is 3.37. The molecule has 0 bridgehead atoms. The third-order valence-electron chi connectivity index (χ3n) is 4.94. The molecule has 2 saturated heterocycles. The minimum absolute atomic E-state index is 0.0660. The quantitative estimate of drug-likeness (QED) is 0.819. The maximum Gasteiger partial charge on any atom is 0.246 e. The standard InChI is InChI=1S/C18H24N6O2/c25-17(23-8-2-1-3-9-23)14-24-20-18(19-21-24)15-4-6-16(7-5-15)22-10-12-26-13-11-22/h4-7H,1-3,8-14H2. The van der Waals surface area contributed by atoms with Gasteiger partial charge in [0.25, 0.3) is 0 Å². The van der Waals surface area contributed by atoms with Gasteiger partial charge in [0.2, 0.25) is 11.7 Å². The zero-order valence-electron chi connectivity index (χ0n) is 14.9. The van der Waals surface area contributed by atoms with Crippen LogP contribution in [0, 0.1) is 0 Å². The minimum Gasteiger partial charge on any atom is -0.378 e. The summed E-state index contributed by atoms with van der Waals surface area (Å²) >= 11 is 0. The zero-order chi connectivity index (χ0) is 17.8.